The average molecular weight is 599 g/mol. The van der Waals surface area contributed by atoms with E-state index in [9.17, 15) is 13.2 Å². The van der Waals surface area contributed by atoms with Crippen molar-refractivity contribution in [2.45, 2.75) is 17.9 Å². The van der Waals surface area contributed by atoms with E-state index < -0.39 is 9.84 Å². The zero-order valence-electron chi connectivity index (χ0n) is 18.7. The molecule has 0 atom stereocenters. The largest absolute Gasteiger partial charge is 0.340 e. The average Bonchev–Trinajstić information content (AvgIpc) is 3.16. The lowest BCUT2D eigenvalue weighted by atomic mass is 10.1. The van der Waals surface area contributed by atoms with Crippen molar-refractivity contribution in [1.82, 2.24) is 14.4 Å². The molecule has 33 heavy (non-hydrogen) atoms. The number of halogens is 1. The topological polar surface area (TPSA) is 75.0 Å². The molecule has 10 heteroatoms. The van der Waals surface area contributed by atoms with Crippen LogP contribution in [0.2, 0.25) is 0 Å². The van der Waals surface area contributed by atoms with Gasteiger partial charge in [0.15, 0.2) is 14.6 Å². The summed E-state index contributed by atoms with van der Waals surface area (Å²) < 4.78 is 28.9. The highest BCUT2D eigenvalue weighted by Gasteiger charge is 2.24. The molecule has 2 heterocycles. The van der Waals surface area contributed by atoms with Crippen molar-refractivity contribution in [2.75, 3.05) is 39.0 Å². The number of hydrogen-bond donors (Lipinski definition) is 0. The van der Waals surface area contributed by atoms with Crippen LogP contribution < -0.4 is 4.80 Å². The number of carbonyl (C=O) groups excluding carboxylic acids is 1. The minimum absolute atomic E-state index is 0.00785. The third-order valence-corrected chi connectivity index (χ3v) is 9.48. The monoisotopic (exact) mass is 598 g/mol. The maximum atomic E-state index is 12.9. The molecule has 1 aliphatic heterocycles. The Morgan fingerprint density at radius 2 is 1.79 bits per heavy atom. The molecule has 4 rings (SSSR count). The van der Waals surface area contributed by atoms with Gasteiger partial charge in [-0.3, -0.25) is 14.7 Å². The first-order valence-corrected chi connectivity index (χ1v) is 14.4. The second kappa shape index (κ2) is 10.2. The van der Waals surface area contributed by atoms with Crippen LogP contribution in [0, 0.1) is 3.57 Å². The summed E-state index contributed by atoms with van der Waals surface area (Å²) in [5.41, 5.74) is 1.21. The summed E-state index contributed by atoms with van der Waals surface area (Å²) in [7, 11) is 0.289. The molecule has 176 valence electrons. The van der Waals surface area contributed by atoms with Crippen molar-refractivity contribution in [3.8, 4) is 0 Å². The van der Waals surface area contributed by atoms with E-state index in [2.05, 4.69) is 42.4 Å². The van der Waals surface area contributed by atoms with Crippen molar-refractivity contribution >= 4 is 60.4 Å². The summed E-state index contributed by atoms with van der Waals surface area (Å²) in [5.74, 6) is -0.266. The summed E-state index contributed by atoms with van der Waals surface area (Å²) >= 11 is 3.86. The molecule has 0 saturated carbocycles. The van der Waals surface area contributed by atoms with Crippen LogP contribution in [0.1, 0.15) is 12.1 Å². The van der Waals surface area contributed by atoms with Crippen molar-refractivity contribution in [1.29, 1.82) is 0 Å². The molecular formula is C23H27IN4O3S2. The van der Waals surface area contributed by atoms with Crippen LogP contribution in [0.4, 0.5) is 0 Å². The van der Waals surface area contributed by atoms with E-state index in [4.69, 9.17) is 0 Å². The number of rotatable bonds is 6. The van der Waals surface area contributed by atoms with E-state index in [1.807, 2.05) is 31.3 Å². The molecule has 1 saturated heterocycles. The van der Waals surface area contributed by atoms with Crippen LogP contribution in [0.25, 0.3) is 10.8 Å². The van der Waals surface area contributed by atoms with Gasteiger partial charge in [-0.1, -0.05) is 12.1 Å². The number of benzene rings is 2. The van der Waals surface area contributed by atoms with Gasteiger partial charge in [0.25, 0.3) is 0 Å². The molecule has 3 aromatic rings. The van der Waals surface area contributed by atoms with Gasteiger partial charge in [-0.05, 0) is 57.6 Å². The molecule has 1 fully saturated rings. The van der Waals surface area contributed by atoms with Gasteiger partial charge in [0.2, 0.25) is 5.91 Å². The van der Waals surface area contributed by atoms with Crippen molar-refractivity contribution in [3.05, 3.63) is 55.8 Å². The standard InChI is InChI=1S/C23H27IN4O3S2/c1-25-23-26(2)20(16-32-23)15-27-8-10-28(11-9-27)22(29)7-12-33(30,31)21-6-4-17-13-19(24)5-3-18(17)14-21/h3-6,13-14,16H,7-12,15H2,1-2H3/b25-23-. The third-order valence-electron chi connectivity index (χ3n) is 6.04. The Labute approximate surface area is 211 Å². The number of hydrogen-bond acceptors (Lipinski definition) is 6. The van der Waals surface area contributed by atoms with Crippen molar-refractivity contribution in [3.63, 3.8) is 0 Å². The molecular weight excluding hydrogens is 571 g/mol. The summed E-state index contributed by atoms with van der Waals surface area (Å²) in [5, 5.41) is 4.02. The number of carbonyl (C=O) groups is 1. The van der Waals surface area contributed by atoms with E-state index in [1.165, 1.54) is 5.69 Å². The van der Waals surface area contributed by atoms with Gasteiger partial charge in [0, 0.05) is 67.9 Å². The van der Waals surface area contributed by atoms with Gasteiger partial charge in [-0.15, -0.1) is 11.3 Å². The van der Waals surface area contributed by atoms with E-state index in [0.717, 1.165) is 38.8 Å². The molecule has 1 aliphatic rings. The minimum Gasteiger partial charge on any atom is -0.340 e. The van der Waals surface area contributed by atoms with Crippen LogP contribution in [-0.2, 0) is 28.2 Å². The fourth-order valence-electron chi connectivity index (χ4n) is 4.02. The lowest BCUT2D eigenvalue weighted by Crippen LogP contribution is -2.48. The predicted octanol–water partition coefficient (Wildman–Crippen LogP) is 2.88. The zero-order chi connectivity index (χ0) is 23.6. The zero-order valence-corrected chi connectivity index (χ0v) is 22.5. The second-order valence-corrected chi connectivity index (χ2v) is 12.4. The molecule has 2 aromatic carbocycles. The predicted molar refractivity (Wildman–Crippen MR) is 140 cm³/mol. The van der Waals surface area contributed by atoms with E-state index in [1.54, 1.807) is 35.4 Å². The molecule has 0 bridgehead atoms. The Hall–Kier alpha value is -1.76. The Morgan fingerprint density at radius 3 is 2.48 bits per heavy atom. The number of sulfone groups is 1. The van der Waals surface area contributed by atoms with E-state index >= 15 is 0 Å². The highest BCUT2D eigenvalue weighted by atomic mass is 127. The number of fused-ring (bicyclic) bond motifs is 1. The van der Waals surface area contributed by atoms with Crippen LogP contribution in [0.3, 0.4) is 0 Å². The first kappa shape index (κ1) is 24.4. The summed E-state index contributed by atoms with van der Waals surface area (Å²) in [6.45, 7) is 3.60. The quantitative estimate of drug-likeness (QED) is 0.410. The van der Waals surface area contributed by atoms with Crippen molar-refractivity contribution in [2.24, 2.45) is 12.0 Å². The lowest BCUT2D eigenvalue weighted by Gasteiger charge is -2.34. The maximum Gasteiger partial charge on any atom is 0.223 e. The van der Waals surface area contributed by atoms with Gasteiger partial charge in [0.1, 0.15) is 0 Å². The van der Waals surface area contributed by atoms with Gasteiger partial charge >= 0.3 is 0 Å². The molecule has 1 aromatic heterocycles. The fourth-order valence-corrected chi connectivity index (χ4v) is 6.65. The Bertz CT molecular complexity index is 1340. The highest BCUT2D eigenvalue weighted by molar-refractivity contribution is 14.1. The lowest BCUT2D eigenvalue weighted by molar-refractivity contribution is -0.132. The van der Waals surface area contributed by atoms with Gasteiger partial charge in [-0.2, -0.15) is 0 Å². The Balaban J connectivity index is 1.31. The molecule has 0 radical (unpaired) electrons. The van der Waals surface area contributed by atoms with Crippen LogP contribution >= 0.6 is 33.9 Å². The summed E-state index contributed by atoms with van der Waals surface area (Å²) in [6.07, 6.45) is 0.00785. The normalized spacial score (nSPS) is 16.0. The maximum absolute atomic E-state index is 12.9. The first-order chi connectivity index (χ1) is 15.8. The summed E-state index contributed by atoms with van der Waals surface area (Å²) in [6, 6.07) is 11.1. The Kier molecular flexibility index (Phi) is 7.56. The number of nitrogens with zero attached hydrogens (tertiary/aromatic N) is 4. The number of amides is 1. The molecule has 0 N–H and O–H groups in total. The minimum atomic E-state index is -3.52. The molecule has 0 aliphatic carbocycles. The van der Waals surface area contributed by atoms with Gasteiger partial charge in [0.05, 0.1) is 10.6 Å². The molecule has 1 amide bonds. The summed E-state index contributed by atoms with van der Waals surface area (Å²) in [4.78, 5) is 22.3. The molecule has 0 spiro atoms. The third kappa shape index (κ3) is 5.67. The van der Waals surface area contributed by atoms with Crippen molar-refractivity contribution < 1.29 is 13.2 Å². The van der Waals surface area contributed by atoms with Crippen LogP contribution in [-0.4, -0.2) is 67.7 Å². The Morgan fingerprint density at radius 1 is 1.09 bits per heavy atom. The number of thiazole rings is 1. The SMILES string of the molecule is C/N=c1\scc(CN2CCN(C(=O)CCS(=O)(=O)c3ccc4cc(I)ccc4c3)CC2)n1C. The van der Waals surface area contributed by atoms with E-state index in [-0.39, 0.29) is 23.0 Å². The smallest absolute Gasteiger partial charge is 0.223 e. The van der Waals surface area contributed by atoms with Gasteiger partial charge < -0.3 is 9.47 Å². The highest BCUT2D eigenvalue weighted by Crippen LogP contribution is 2.22. The molecule has 7 nitrogen and oxygen atoms in total. The number of piperazine rings is 1. The fraction of sp³-hybridized carbons (Fsp3) is 0.391. The van der Waals surface area contributed by atoms with E-state index in [0.29, 0.717) is 13.1 Å². The first-order valence-electron chi connectivity index (χ1n) is 10.8. The van der Waals surface area contributed by atoms with Crippen LogP contribution in [0.5, 0.6) is 0 Å². The molecule has 0 unspecified atom stereocenters. The van der Waals surface area contributed by atoms with Gasteiger partial charge in [-0.25, -0.2) is 8.42 Å². The number of aromatic nitrogens is 1. The van der Waals surface area contributed by atoms with Crippen LogP contribution in [0.15, 0.2) is 51.7 Å². The second-order valence-electron chi connectivity index (χ2n) is 8.17.